The number of carbonyl (C=O) groups excluding carboxylic acids is 1. The summed E-state index contributed by atoms with van der Waals surface area (Å²) < 4.78 is 26.8. The van der Waals surface area contributed by atoms with Crippen molar-refractivity contribution in [1.29, 1.82) is 0 Å². The van der Waals surface area contributed by atoms with Gasteiger partial charge in [0.15, 0.2) is 0 Å². The zero-order valence-corrected chi connectivity index (χ0v) is 18.2. The molecule has 0 aromatic heterocycles. The van der Waals surface area contributed by atoms with Crippen LogP contribution in [0.3, 0.4) is 0 Å². The summed E-state index contributed by atoms with van der Waals surface area (Å²) in [5.74, 6) is 0.204. The molecule has 30 heavy (non-hydrogen) atoms. The van der Waals surface area contributed by atoms with Crippen molar-refractivity contribution in [2.45, 2.75) is 31.2 Å². The third-order valence-corrected chi connectivity index (χ3v) is 6.77. The van der Waals surface area contributed by atoms with Crippen molar-refractivity contribution in [1.82, 2.24) is 5.32 Å². The van der Waals surface area contributed by atoms with Crippen molar-refractivity contribution >= 4 is 21.6 Å². The summed E-state index contributed by atoms with van der Waals surface area (Å²) in [7, 11) is -2.22. The molecule has 3 rings (SSSR count). The van der Waals surface area contributed by atoms with Gasteiger partial charge in [0.05, 0.1) is 10.6 Å². The molecular weight excluding hydrogens is 396 g/mol. The van der Waals surface area contributed by atoms with Crippen LogP contribution < -0.4 is 9.62 Å². The van der Waals surface area contributed by atoms with E-state index in [-0.39, 0.29) is 10.8 Å². The van der Waals surface area contributed by atoms with E-state index in [0.717, 1.165) is 5.56 Å². The molecule has 3 aromatic rings. The molecule has 0 atom stereocenters. The van der Waals surface area contributed by atoms with Gasteiger partial charge in [-0.3, -0.25) is 9.10 Å². The SMILES string of the molecule is CC(C)c1ccc(CNC(=O)c2cccc(N(C)S(=O)(=O)c3ccccc3)c2)cc1. The molecule has 0 heterocycles. The van der Waals surface area contributed by atoms with Crippen molar-refractivity contribution in [2.24, 2.45) is 0 Å². The van der Waals surface area contributed by atoms with Crippen LogP contribution in [0.4, 0.5) is 5.69 Å². The van der Waals surface area contributed by atoms with Gasteiger partial charge in [0.1, 0.15) is 0 Å². The first-order valence-electron chi connectivity index (χ1n) is 9.80. The molecule has 5 nitrogen and oxygen atoms in total. The van der Waals surface area contributed by atoms with Crippen LogP contribution >= 0.6 is 0 Å². The molecule has 1 N–H and O–H groups in total. The van der Waals surface area contributed by atoms with Gasteiger partial charge < -0.3 is 5.32 Å². The van der Waals surface area contributed by atoms with Gasteiger partial charge in [0.25, 0.3) is 15.9 Å². The van der Waals surface area contributed by atoms with Crippen molar-refractivity contribution in [3.63, 3.8) is 0 Å². The van der Waals surface area contributed by atoms with Crippen LogP contribution in [0.1, 0.15) is 41.3 Å². The Bertz CT molecular complexity index is 1110. The second kappa shape index (κ2) is 9.13. The van der Waals surface area contributed by atoms with Gasteiger partial charge in [-0.1, -0.05) is 62.4 Å². The first kappa shape index (κ1) is 21.6. The molecule has 0 radical (unpaired) electrons. The average Bonchev–Trinajstić information content (AvgIpc) is 2.77. The number of hydrogen-bond acceptors (Lipinski definition) is 3. The fourth-order valence-electron chi connectivity index (χ4n) is 3.04. The monoisotopic (exact) mass is 422 g/mol. The Balaban J connectivity index is 1.72. The standard InChI is InChI=1S/C24H26N2O3S/c1-18(2)20-14-12-19(13-15-20)17-25-24(27)21-8-7-9-22(16-21)26(3)30(28,29)23-10-5-4-6-11-23/h4-16,18H,17H2,1-3H3,(H,25,27). The Morgan fingerprint density at radius 3 is 2.23 bits per heavy atom. The highest BCUT2D eigenvalue weighted by Gasteiger charge is 2.21. The second-order valence-corrected chi connectivity index (χ2v) is 9.38. The van der Waals surface area contributed by atoms with Gasteiger partial charge in [-0.15, -0.1) is 0 Å². The van der Waals surface area contributed by atoms with Crippen molar-refractivity contribution < 1.29 is 13.2 Å². The predicted molar refractivity (Wildman–Crippen MR) is 120 cm³/mol. The van der Waals surface area contributed by atoms with E-state index in [4.69, 9.17) is 0 Å². The van der Waals surface area contributed by atoms with Gasteiger partial charge in [-0.2, -0.15) is 0 Å². The van der Waals surface area contributed by atoms with Gasteiger partial charge >= 0.3 is 0 Å². The van der Waals surface area contributed by atoms with E-state index in [1.165, 1.54) is 16.9 Å². The highest BCUT2D eigenvalue weighted by molar-refractivity contribution is 7.92. The molecule has 0 unspecified atom stereocenters. The van der Waals surface area contributed by atoms with Crippen LogP contribution in [0.15, 0.2) is 83.8 Å². The van der Waals surface area contributed by atoms with E-state index in [1.807, 2.05) is 12.1 Å². The topological polar surface area (TPSA) is 66.5 Å². The van der Waals surface area contributed by atoms with Crippen LogP contribution in [0.25, 0.3) is 0 Å². The van der Waals surface area contributed by atoms with Crippen molar-refractivity contribution in [2.75, 3.05) is 11.4 Å². The summed E-state index contributed by atoms with van der Waals surface area (Å²) in [6.45, 7) is 4.68. The first-order chi connectivity index (χ1) is 14.3. The number of nitrogens with one attached hydrogen (secondary N) is 1. The maximum Gasteiger partial charge on any atom is 0.264 e. The number of amides is 1. The van der Waals surface area contributed by atoms with Gasteiger partial charge in [-0.05, 0) is 47.4 Å². The van der Waals surface area contributed by atoms with E-state index in [9.17, 15) is 13.2 Å². The highest BCUT2D eigenvalue weighted by atomic mass is 32.2. The van der Waals surface area contributed by atoms with Gasteiger partial charge in [-0.25, -0.2) is 8.42 Å². The smallest absolute Gasteiger partial charge is 0.264 e. The molecule has 156 valence electrons. The normalized spacial score (nSPS) is 11.3. The maximum atomic E-state index is 12.8. The minimum Gasteiger partial charge on any atom is -0.348 e. The molecule has 0 fully saturated rings. The van der Waals surface area contributed by atoms with E-state index in [0.29, 0.717) is 23.7 Å². The van der Waals surface area contributed by atoms with E-state index in [1.54, 1.807) is 54.6 Å². The summed E-state index contributed by atoms with van der Waals surface area (Å²) in [5.41, 5.74) is 3.09. The first-order valence-corrected chi connectivity index (χ1v) is 11.2. The van der Waals surface area contributed by atoms with Crippen molar-refractivity contribution in [3.05, 3.63) is 95.6 Å². The quantitative estimate of drug-likeness (QED) is 0.607. The van der Waals surface area contributed by atoms with Crippen LogP contribution in [-0.2, 0) is 16.6 Å². The second-order valence-electron chi connectivity index (χ2n) is 7.41. The third kappa shape index (κ3) is 4.89. The lowest BCUT2D eigenvalue weighted by Crippen LogP contribution is -2.27. The molecule has 3 aromatic carbocycles. The average molecular weight is 423 g/mol. The van der Waals surface area contributed by atoms with Crippen molar-refractivity contribution in [3.8, 4) is 0 Å². The van der Waals surface area contributed by atoms with E-state index >= 15 is 0 Å². The lowest BCUT2D eigenvalue weighted by atomic mass is 10.0. The number of rotatable bonds is 7. The molecule has 6 heteroatoms. The molecule has 0 spiro atoms. The van der Waals surface area contributed by atoms with Crippen LogP contribution in [0, 0.1) is 0 Å². The molecule has 0 saturated carbocycles. The molecule has 0 aliphatic heterocycles. The Labute approximate surface area is 178 Å². The minimum absolute atomic E-state index is 0.201. The minimum atomic E-state index is -3.70. The summed E-state index contributed by atoms with van der Waals surface area (Å²) in [6.07, 6.45) is 0. The summed E-state index contributed by atoms with van der Waals surface area (Å²) in [6, 6.07) is 23.0. The molecule has 0 bridgehead atoms. The lowest BCUT2D eigenvalue weighted by Gasteiger charge is -2.20. The van der Waals surface area contributed by atoms with Crippen LogP contribution in [-0.4, -0.2) is 21.4 Å². The molecule has 0 aliphatic rings. The van der Waals surface area contributed by atoms with Crippen LogP contribution in [0.2, 0.25) is 0 Å². The molecule has 0 aliphatic carbocycles. The Morgan fingerprint density at radius 1 is 0.933 bits per heavy atom. The van der Waals surface area contributed by atoms with E-state index < -0.39 is 10.0 Å². The lowest BCUT2D eigenvalue weighted by molar-refractivity contribution is 0.0951. The van der Waals surface area contributed by atoms with Gasteiger partial charge in [0.2, 0.25) is 0 Å². The zero-order chi connectivity index (χ0) is 21.7. The molecule has 1 amide bonds. The van der Waals surface area contributed by atoms with E-state index in [2.05, 4.69) is 31.3 Å². The fraction of sp³-hybridized carbons (Fsp3) is 0.208. The third-order valence-electron chi connectivity index (χ3n) is 4.97. The number of benzene rings is 3. The Morgan fingerprint density at radius 2 is 1.60 bits per heavy atom. The molecular formula is C24H26N2O3S. The van der Waals surface area contributed by atoms with Crippen LogP contribution in [0.5, 0.6) is 0 Å². The zero-order valence-electron chi connectivity index (χ0n) is 17.4. The number of anilines is 1. The summed E-state index contributed by atoms with van der Waals surface area (Å²) in [5, 5.41) is 2.89. The summed E-state index contributed by atoms with van der Waals surface area (Å²) in [4.78, 5) is 12.8. The number of sulfonamides is 1. The predicted octanol–water partition coefficient (Wildman–Crippen LogP) is 4.57. The molecule has 0 saturated heterocycles. The fourth-order valence-corrected chi connectivity index (χ4v) is 4.25. The highest BCUT2D eigenvalue weighted by Crippen LogP contribution is 2.23. The Kier molecular flexibility index (Phi) is 6.57. The largest absolute Gasteiger partial charge is 0.348 e. The van der Waals surface area contributed by atoms with Gasteiger partial charge in [0, 0.05) is 19.2 Å². The maximum absolute atomic E-state index is 12.8. The summed E-state index contributed by atoms with van der Waals surface area (Å²) >= 11 is 0. The number of hydrogen-bond donors (Lipinski definition) is 1. The number of carbonyl (C=O) groups is 1. The Hall–Kier alpha value is -3.12. The number of nitrogens with zero attached hydrogens (tertiary/aromatic N) is 1.